The summed E-state index contributed by atoms with van der Waals surface area (Å²) in [6.07, 6.45) is 7.08. The van der Waals surface area contributed by atoms with E-state index < -0.39 is 6.10 Å². The lowest BCUT2D eigenvalue weighted by atomic mass is 9.55. The summed E-state index contributed by atoms with van der Waals surface area (Å²) in [5.41, 5.74) is 4.96. The van der Waals surface area contributed by atoms with E-state index >= 15 is 0 Å². The molecule has 5 rings (SSSR count). The summed E-state index contributed by atoms with van der Waals surface area (Å²) < 4.78 is 18.7. The highest BCUT2D eigenvalue weighted by Gasteiger charge is 2.56. The van der Waals surface area contributed by atoms with Gasteiger partial charge in [-0.3, -0.25) is 0 Å². The van der Waals surface area contributed by atoms with Gasteiger partial charge in [-0.05, 0) is 96.4 Å². The van der Waals surface area contributed by atoms with Crippen LogP contribution in [0.25, 0.3) is 6.08 Å². The average Bonchev–Trinajstić information content (AvgIpc) is 2.99. The molecule has 2 saturated carbocycles. The average molecular weight is 393 g/mol. The number of ether oxygens (including phenoxy) is 1. The molecule has 3 heteroatoms. The van der Waals surface area contributed by atoms with Crippen LogP contribution in [-0.4, -0.2) is 18.3 Å². The number of methoxy groups -OCH3 is 1. The second-order valence-corrected chi connectivity index (χ2v) is 9.40. The topological polar surface area (TPSA) is 29.5 Å². The number of aryl methyl sites for hydroxylation is 1. The zero-order chi connectivity index (χ0) is 20.2. The van der Waals surface area contributed by atoms with Gasteiger partial charge >= 0.3 is 0 Å². The molecule has 0 radical (unpaired) electrons. The van der Waals surface area contributed by atoms with Crippen molar-refractivity contribution < 1.29 is 14.2 Å². The van der Waals surface area contributed by atoms with Crippen LogP contribution in [0.5, 0.6) is 5.75 Å². The Morgan fingerprint density at radius 3 is 2.69 bits per heavy atom. The Hall–Kier alpha value is -2.13. The molecule has 0 saturated heterocycles. The first-order valence-corrected chi connectivity index (χ1v) is 10.8. The smallest absolute Gasteiger partial charge is 0.123 e. The predicted octanol–water partition coefficient (Wildman–Crippen LogP) is 5.74. The Kier molecular flexibility index (Phi) is 4.54. The summed E-state index contributed by atoms with van der Waals surface area (Å²) in [6.45, 7) is 2.29. The number of rotatable bonds is 2. The molecule has 1 N–H and O–H groups in total. The quantitative estimate of drug-likeness (QED) is 0.706. The van der Waals surface area contributed by atoms with Gasteiger partial charge in [0, 0.05) is 5.41 Å². The van der Waals surface area contributed by atoms with Crippen molar-refractivity contribution in [1.29, 1.82) is 0 Å². The van der Waals surface area contributed by atoms with Crippen LogP contribution in [0, 0.1) is 23.1 Å². The van der Waals surface area contributed by atoms with E-state index in [1.165, 1.54) is 29.7 Å². The summed E-state index contributed by atoms with van der Waals surface area (Å²) in [4.78, 5) is 0. The highest BCUT2D eigenvalue weighted by Crippen LogP contribution is 2.62. The molecule has 2 nitrogen and oxygen atoms in total. The summed E-state index contributed by atoms with van der Waals surface area (Å²) in [5, 5.41) is 11.3. The maximum Gasteiger partial charge on any atom is 0.123 e. The van der Waals surface area contributed by atoms with Crippen molar-refractivity contribution in [2.45, 2.75) is 51.0 Å². The Morgan fingerprint density at radius 1 is 1.14 bits per heavy atom. The van der Waals surface area contributed by atoms with Gasteiger partial charge in [-0.25, -0.2) is 4.39 Å². The molecule has 3 aliphatic carbocycles. The minimum absolute atomic E-state index is 0.0585. The first-order chi connectivity index (χ1) is 14.0. The van der Waals surface area contributed by atoms with E-state index in [2.05, 4.69) is 31.2 Å². The van der Waals surface area contributed by atoms with Gasteiger partial charge in [0.25, 0.3) is 0 Å². The summed E-state index contributed by atoms with van der Waals surface area (Å²) in [5.74, 6) is 2.42. The third-order valence-corrected chi connectivity index (χ3v) is 8.02. The van der Waals surface area contributed by atoms with E-state index in [1.807, 2.05) is 0 Å². The molecule has 0 aliphatic heterocycles. The number of hydrogen-bond acceptors (Lipinski definition) is 2. The van der Waals surface area contributed by atoms with Gasteiger partial charge < -0.3 is 9.84 Å². The van der Waals surface area contributed by atoms with Crippen LogP contribution in [0.4, 0.5) is 4.39 Å². The molecule has 0 spiro atoms. The van der Waals surface area contributed by atoms with Gasteiger partial charge in [0.2, 0.25) is 0 Å². The number of halogens is 1. The normalized spacial score (nSPS) is 34.4. The van der Waals surface area contributed by atoms with Crippen LogP contribution in [0.15, 0.2) is 48.0 Å². The fourth-order valence-corrected chi connectivity index (χ4v) is 6.46. The van der Waals surface area contributed by atoms with Crippen LogP contribution >= 0.6 is 0 Å². The van der Waals surface area contributed by atoms with Crippen LogP contribution in [-0.2, 0) is 6.42 Å². The minimum Gasteiger partial charge on any atom is -0.497 e. The second-order valence-electron chi connectivity index (χ2n) is 9.40. The van der Waals surface area contributed by atoms with Crippen molar-refractivity contribution in [2.24, 2.45) is 17.3 Å². The van der Waals surface area contributed by atoms with Crippen molar-refractivity contribution in [3.8, 4) is 5.75 Å². The molecule has 2 aromatic carbocycles. The lowest BCUT2D eigenvalue weighted by Crippen LogP contribution is -2.44. The maximum atomic E-state index is 13.3. The molecule has 2 fully saturated rings. The first kappa shape index (κ1) is 18.9. The standard InChI is InChI=1S/C26H29FO2/c1-26-12-11-22-21-10-8-20(29-2)14-17(21)5-9-23(22)24(26)15-18(25(26)28)13-16-3-6-19(27)7-4-16/h3-4,6-8,10,13-14,22-25,28H,5,9,11-12,15H2,1-2H3/b18-13+/t22-,23-,24+,25+,26+/m1/s1. The highest BCUT2D eigenvalue weighted by molar-refractivity contribution is 5.55. The van der Waals surface area contributed by atoms with E-state index in [9.17, 15) is 9.50 Å². The number of fused-ring (bicyclic) bond motifs is 5. The number of benzene rings is 2. The zero-order valence-corrected chi connectivity index (χ0v) is 17.2. The first-order valence-electron chi connectivity index (χ1n) is 10.8. The van der Waals surface area contributed by atoms with Gasteiger partial charge in [0.15, 0.2) is 0 Å². The molecule has 3 aliphatic rings. The third-order valence-electron chi connectivity index (χ3n) is 8.02. The fraction of sp³-hybridized carbons (Fsp3) is 0.462. The van der Waals surface area contributed by atoms with Crippen LogP contribution in [0.1, 0.15) is 55.2 Å². The Balaban J connectivity index is 1.46. The molecule has 0 aromatic heterocycles. The monoisotopic (exact) mass is 392 g/mol. The summed E-state index contributed by atoms with van der Waals surface area (Å²) >= 11 is 0. The van der Waals surface area contributed by atoms with E-state index in [0.29, 0.717) is 17.8 Å². The third kappa shape index (κ3) is 3.02. The molecule has 5 atom stereocenters. The molecule has 2 aromatic rings. The lowest BCUT2D eigenvalue weighted by molar-refractivity contribution is -0.0158. The van der Waals surface area contributed by atoms with E-state index in [4.69, 9.17) is 4.74 Å². The summed E-state index contributed by atoms with van der Waals surface area (Å²) in [7, 11) is 1.73. The maximum absolute atomic E-state index is 13.3. The zero-order valence-electron chi connectivity index (χ0n) is 17.2. The molecule has 0 unspecified atom stereocenters. The van der Waals surface area contributed by atoms with Gasteiger partial charge in [-0.1, -0.05) is 31.2 Å². The van der Waals surface area contributed by atoms with Crippen molar-refractivity contribution in [3.63, 3.8) is 0 Å². The second kappa shape index (κ2) is 6.98. The molecule has 29 heavy (non-hydrogen) atoms. The highest BCUT2D eigenvalue weighted by atomic mass is 19.1. The van der Waals surface area contributed by atoms with Crippen molar-refractivity contribution in [2.75, 3.05) is 7.11 Å². The predicted molar refractivity (Wildman–Crippen MR) is 113 cm³/mol. The summed E-state index contributed by atoms with van der Waals surface area (Å²) in [6, 6.07) is 13.2. The van der Waals surface area contributed by atoms with E-state index in [-0.39, 0.29) is 11.2 Å². The largest absolute Gasteiger partial charge is 0.497 e. The van der Waals surface area contributed by atoms with Crippen LogP contribution in [0.2, 0.25) is 0 Å². The van der Waals surface area contributed by atoms with Crippen LogP contribution < -0.4 is 4.74 Å². The van der Waals surface area contributed by atoms with Crippen molar-refractivity contribution in [3.05, 3.63) is 70.5 Å². The van der Waals surface area contributed by atoms with Gasteiger partial charge in [0.05, 0.1) is 13.2 Å². The Bertz CT molecular complexity index is 948. The lowest BCUT2D eigenvalue weighted by Gasteiger charge is -2.49. The van der Waals surface area contributed by atoms with E-state index in [1.54, 1.807) is 19.2 Å². The fourth-order valence-electron chi connectivity index (χ4n) is 6.46. The Labute approximate surface area is 172 Å². The molecule has 0 bridgehead atoms. The minimum atomic E-state index is -0.407. The van der Waals surface area contributed by atoms with Gasteiger partial charge in [-0.15, -0.1) is 0 Å². The molecule has 0 amide bonds. The Morgan fingerprint density at radius 2 is 1.93 bits per heavy atom. The van der Waals surface area contributed by atoms with Crippen molar-refractivity contribution in [1.82, 2.24) is 0 Å². The SMILES string of the molecule is COc1ccc2c(c1)CC[C@@H]1[C@@H]2CC[C@]2(C)[C@@H](O)/C(=C/c3ccc(F)cc3)C[C@@H]12. The van der Waals surface area contributed by atoms with Gasteiger partial charge in [-0.2, -0.15) is 0 Å². The molecule has 152 valence electrons. The number of hydrogen-bond donors (Lipinski definition) is 1. The van der Waals surface area contributed by atoms with Crippen LogP contribution in [0.3, 0.4) is 0 Å². The molecular weight excluding hydrogens is 363 g/mol. The molecular formula is C26H29FO2. The number of aliphatic hydroxyl groups is 1. The molecule has 0 heterocycles. The van der Waals surface area contributed by atoms with E-state index in [0.717, 1.165) is 42.6 Å². The van der Waals surface area contributed by atoms with Crippen molar-refractivity contribution >= 4 is 6.08 Å². The number of aliphatic hydroxyl groups excluding tert-OH is 1. The van der Waals surface area contributed by atoms with Gasteiger partial charge in [0.1, 0.15) is 11.6 Å².